The van der Waals surface area contributed by atoms with Crippen LogP contribution in [0.5, 0.6) is 0 Å². The van der Waals surface area contributed by atoms with E-state index in [0.29, 0.717) is 131 Å². The van der Waals surface area contributed by atoms with E-state index >= 15 is 0 Å². The fraction of sp³-hybridized carbons (Fsp3) is 0.476. The predicted molar refractivity (Wildman–Crippen MR) is 455 cm³/mol. The van der Waals surface area contributed by atoms with Crippen LogP contribution in [0.1, 0.15) is 181 Å². The van der Waals surface area contributed by atoms with Crippen molar-refractivity contribution in [1.82, 2.24) is 80.1 Å². The second-order valence-corrected chi connectivity index (χ2v) is 27.3. The highest BCUT2D eigenvalue weighted by Gasteiger charge is 2.24. The molecule has 0 unspecified atom stereocenters. The summed E-state index contributed by atoms with van der Waals surface area (Å²) in [6.45, 7) is 21.5. The molecule has 12 aromatic rings. The summed E-state index contributed by atoms with van der Waals surface area (Å²) in [5.74, 6) is 5.07. The molecule has 0 fully saturated rings. The number of urea groups is 1. The van der Waals surface area contributed by atoms with Crippen LogP contribution in [-0.2, 0) is 44.6 Å². The van der Waals surface area contributed by atoms with Gasteiger partial charge in [0.2, 0.25) is 0 Å². The van der Waals surface area contributed by atoms with Gasteiger partial charge in [0.25, 0.3) is 0 Å². The molecule has 8 heterocycles. The molecule has 32 heteroatoms. The van der Waals surface area contributed by atoms with Gasteiger partial charge in [-0.2, -0.15) is 18.9 Å². The summed E-state index contributed by atoms with van der Waals surface area (Å²) in [6, 6.07) is 31.3. The van der Waals surface area contributed by atoms with Crippen molar-refractivity contribution in [2.75, 3.05) is 102 Å². The van der Waals surface area contributed by atoms with Gasteiger partial charge in [-0.25, -0.2) is 59.0 Å². The molecule has 624 valence electrons. The predicted octanol–water partition coefficient (Wildman–Crippen LogP) is 13.9. The van der Waals surface area contributed by atoms with E-state index in [2.05, 4.69) is 68.9 Å². The lowest BCUT2D eigenvalue weighted by atomic mass is 10.2. The quantitative estimate of drug-likeness (QED) is 0.0100. The molecule has 0 radical (unpaired) electrons. The molecule has 0 aliphatic rings. The molecular weight excluding hydrogens is 1480 g/mol. The molecule has 4 amide bonds. The van der Waals surface area contributed by atoms with E-state index in [1.54, 1.807) is 18.6 Å². The number of ether oxygens (including phenoxy) is 4. The second-order valence-electron chi connectivity index (χ2n) is 27.3. The highest BCUT2D eigenvalue weighted by atomic mass is 16.7. The number of carbonyl (C=O) groups excluding carboxylic acids is 4. The molecule has 8 aromatic heterocycles. The van der Waals surface area contributed by atoms with Gasteiger partial charge in [0.15, 0.2) is 23.3 Å². The largest absolute Gasteiger partial charge is 0.508 e. The Morgan fingerprint density at radius 1 is 0.319 bits per heavy atom. The smallest absolute Gasteiger partial charge is 0.450 e. The number of rotatable bonds is 40. The number of hydrogen-bond acceptors (Lipinski definition) is 24. The van der Waals surface area contributed by atoms with Crippen LogP contribution in [0.15, 0.2) is 97.1 Å². The normalized spacial score (nSPS) is 11.1. The van der Waals surface area contributed by atoms with Gasteiger partial charge >= 0.3 is 24.4 Å². The number of nitrogens with two attached hydrogens (primary N) is 4. The first-order valence-corrected chi connectivity index (χ1v) is 41.0. The van der Waals surface area contributed by atoms with Crippen LogP contribution in [0.2, 0.25) is 0 Å². The first-order valence-electron chi connectivity index (χ1n) is 41.0. The average molecular weight is 1600 g/mol. The molecule has 0 aliphatic carbocycles. The van der Waals surface area contributed by atoms with Crippen molar-refractivity contribution in [3.05, 3.63) is 120 Å². The zero-order valence-corrected chi connectivity index (χ0v) is 68.4. The van der Waals surface area contributed by atoms with Crippen LogP contribution < -0.4 is 63.6 Å². The zero-order valence-electron chi connectivity index (χ0n) is 68.4. The average Bonchev–Trinajstić information content (AvgIpc) is 1.62. The van der Waals surface area contributed by atoms with Crippen molar-refractivity contribution in [3.63, 3.8) is 0 Å². The number of pyridine rings is 4. The van der Waals surface area contributed by atoms with Gasteiger partial charge in [-0.1, -0.05) is 126 Å². The van der Waals surface area contributed by atoms with Gasteiger partial charge < -0.3 is 82.5 Å². The highest BCUT2D eigenvalue weighted by molar-refractivity contribution is 6.09. The van der Waals surface area contributed by atoms with E-state index < -0.39 is 6.16 Å². The third kappa shape index (κ3) is 24.0. The van der Waals surface area contributed by atoms with E-state index in [-0.39, 0.29) is 18.2 Å². The van der Waals surface area contributed by atoms with Gasteiger partial charge in [-0.05, 0) is 129 Å². The number of fused-ring (bicyclic) bond motifs is 12. The number of nitrogen functional groups attached to an aromatic ring is 4. The lowest BCUT2D eigenvalue weighted by Gasteiger charge is -2.12. The highest BCUT2D eigenvalue weighted by Crippen LogP contribution is 2.33. The molecular formula is C84H116N20O12. The minimum absolute atomic E-state index is 0.134. The molecule has 4 aromatic carbocycles. The first-order chi connectivity index (χ1) is 56.6. The third-order valence-electron chi connectivity index (χ3n) is 18.5. The molecule has 116 heavy (non-hydrogen) atoms. The number of para-hydroxylation sites is 4. The Hall–Kier alpha value is -12.1. The Labute approximate surface area is 675 Å². The van der Waals surface area contributed by atoms with E-state index in [1.165, 1.54) is 0 Å². The van der Waals surface area contributed by atoms with Crippen LogP contribution in [0, 0.1) is 0 Å². The number of aromatic nitrogens is 12. The lowest BCUT2D eigenvalue weighted by molar-refractivity contribution is 0.0538. The number of anilines is 4. The molecule has 0 saturated carbocycles. The first kappa shape index (κ1) is 87.8. The Kier molecular flexibility index (Phi) is 35.1. The zero-order chi connectivity index (χ0) is 82.6. The van der Waals surface area contributed by atoms with Crippen molar-refractivity contribution in [2.45, 2.75) is 184 Å². The van der Waals surface area contributed by atoms with Crippen LogP contribution in [-0.4, -0.2) is 162 Å². The topological polar surface area (TPSA) is 417 Å². The number of imidazole rings is 4. The van der Waals surface area contributed by atoms with Crippen molar-refractivity contribution < 1.29 is 57.5 Å². The maximum atomic E-state index is 11.4. The number of alkyl carbamates (subject to hydrolysis) is 2. The van der Waals surface area contributed by atoms with Crippen molar-refractivity contribution in [3.8, 4) is 0 Å². The number of carbonyl (C=O) groups is 4. The van der Waals surface area contributed by atoms with E-state index in [9.17, 15) is 19.2 Å². The standard InChI is InChI=1S/C21H30N6O2.2C21H29N5O3.C21H28N4O4/c1-3-5-12-17-26-18-19(15-10-6-7-11-16(15)25-20(18)22)27(17)29-14-9-8-13-24-21(28)23-4-2;1-3-5-12-17-25-18-19(15-10-6-7-11-16(15)24-20(18)22)26(17)29-14-9-8-13-23-21(27)28-4-2;1-3-5-12-17-25-18-19(15-10-6-7-11-16(15)24-20(18)22)26(17)29-14-9-8-13-28-21(27)23-4-2;1-3-5-12-17-24-18-19(15-10-6-7-11-16(15)23-20(18)22)25(17)29-14-9-8-13-28-21(26)27-4-2/h6-7,10-11H,3-5,8-9,12-14H2,1-2H3,(H2,22,25)(H2,23,24,28);2*6-7,10-11H,3-5,8-9,12-14H2,1-2H3,(H2,22,24)(H,23,27);6-7,10-11H,3-5,8-9,12-14H2,1-2H3,(H2,22,23). The van der Waals surface area contributed by atoms with Crippen LogP contribution in [0.3, 0.4) is 0 Å². The molecule has 0 aliphatic heterocycles. The summed E-state index contributed by atoms with van der Waals surface area (Å²) in [5, 5.41) is 14.7. The monoisotopic (exact) mass is 1600 g/mol. The van der Waals surface area contributed by atoms with Crippen molar-refractivity contribution in [2.24, 2.45) is 0 Å². The van der Waals surface area contributed by atoms with Gasteiger partial charge in [-0.15, -0.1) is 0 Å². The number of amides is 4. The summed E-state index contributed by atoms with van der Waals surface area (Å²) in [4.78, 5) is 107. The molecule has 32 nitrogen and oxygen atoms in total. The number of nitrogens with zero attached hydrogens (tertiary/aromatic N) is 12. The Morgan fingerprint density at radius 3 is 0.931 bits per heavy atom. The SMILES string of the molecule is CCCCc1nc2c(N)nc3ccccc3c2n1OCCCCNC(=O)NCC.CCCCc1nc2c(N)nc3ccccc3c2n1OCCCCNC(=O)OCC.CCCCc1nc2c(N)nc3ccccc3c2n1OCCCCOC(=O)NCC.CCCCc1nc2c(N)nc3ccccc3c2n1OCCCCOC(=O)OCC. The fourth-order valence-electron chi connectivity index (χ4n) is 12.8. The minimum atomic E-state index is -0.634. The minimum Gasteiger partial charge on any atom is -0.450 e. The number of nitrogens with one attached hydrogen (secondary N) is 4. The van der Waals surface area contributed by atoms with Crippen molar-refractivity contribution >= 4 is 135 Å². The Balaban J connectivity index is 0.000000177. The third-order valence-corrected chi connectivity index (χ3v) is 18.5. The molecule has 12 rings (SSSR count). The van der Waals surface area contributed by atoms with Gasteiger partial charge in [0.1, 0.15) is 93.9 Å². The van der Waals surface area contributed by atoms with E-state index in [4.69, 9.17) is 81.2 Å². The summed E-state index contributed by atoms with van der Waals surface area (Å²) >= 11 is 0. The maximum Gasteiger partial charge on any atom is 0.508 e. The van der Waals surface area contributed by atoms with E-state index in [0.717, 1.165) is 211 Å². The molecule has 0 bridgehead atoms. The maximum absolute atomic E-state index is 11.4. The second kappa shape index (κ2) is 46.3. The summed E-state index contributed by atoms with van der Waals surface area (Å²) in [7, 11) is 0. The van der Waals surface area contributed by atoms with Gasteiger partial charge in [-0.3, -0.25) is 0 Å². The number of unbranched alkanes of at least 4 members (excludes halogenated alkanes) is 8. The fourth-order valence-corrected chi connectivity index (χ4v) is 12.8. The van der Waals surface area contributed by atoms with Crippen LogP contribution in [0.4, 0.5) is 42.4 Å². The number of aryl methyl sites for hydroxylation is 4. The van der Waals surface area contributed by atoms with Crippen LogP contribution >= 0.6 is 0 Å². The van der Waals surface area contributed by atoms with E-state index in [1.807, 2.05) is 125 Å². The van der Waals surface area contributed by atoms with Crippen LogP contribution in [0.25, 0.3) is 87.7 Å². The van der Waals surface area contributed by atoms with Gasteiger partial charge in [0, 0.05) is 73.4 Å². The van der Waals surface area contributed by atoms with Crippen molar-refractivity contribution in [1.29, 1.82) is 0 Å². The number of hydrogen-bond donors (Lipinski definition) is 8. The molecule has 0 spiro atoms. The summed E-state index contributed by atoms with van der Waals surface area (Å²) in [6.07, 6.45) is 16.3. The Morgan fingerprint density at radius 2 is 0.612 bits per heavy atom. The molecule has 12 N–H and O–H groups in total. The summed E-state index contributed by atoms with van der Waals surface area (Å²) in [5.41, 5.74) is 34.2. The number of benzene rings is 4. The van der Waals surface area contributed by atoms with Gasteiger partial charge in [0.05, 0.1) is 48.5 Å². The lowest BCUT2D eigenvalue weighted by Crippen LogP contribution is -2.35. The molecule has 0 saturated heterocycles. The Bertz CT molecular complexity index is 4510. The molecule has 0 atom stereocenters. The summed E-state index contributed by atoms with van der Waals surface area (Å²) < 4.78 is 26.9.